The Morgan fingerprint density at radius 1 is 0.892 bits per heavy atom. The van der Waals surface area contributed by atoms with E-state index < -0.39 is 0 Å². The lowest BCUT2D eigenvalue weighted by Gasteiger charge is -2.32. The normalized spacial score (nSPS) is 15.2. The maximum absolute atomic E-state index is 13.1. The molecule has 188 valence electrons. The number of piperidine rings is 1. The highest BCUT2D eigenvalue weighted by Gasteiger charge is 2.28. The first kappa shape index (κ1) is 24.3. The lowest BCUT2D eigenvalue weighted by Crippen LogP contribution is -2.46. The SMILES string of the molecule is O=C(NCc1cn(Cc2ccccc2)nc1-c1ccccc1)C1CCCN(C(=O)Nc2ccccc2)C1. The second-order valence-electron chi connectivity index (χ2n) is 9.35. The first-order chi connectivity index (χ1) is 18.2. The van der Waals surface area contributed by atoms with Crippen molar-refractivity contribution in [3.8, 4) is 11.3 Å². The molecule has 1 fully saturated rings. The fraction of sp³-hybridized carbons (Fsp3) is 0.233. The summed E-state index contributed by atoms with van der Waals surface area (Å²) in [6, 6.07) is 29.4. The van der Waals surface area contributed by atoms with Crippen LogP contribution >= 0.6 is 0 Å². The number of amides is 3. The van der Waals surface area contributed by atoms with Gasteiger partial charge in [0.25, 0.3) is 0 Å². The minimum atomic E-state index is -0.241. The van der Waals surface area contributed by atoms with Gasteiger partial charge in [-0.3, -0.25) is 9.48 Å². The summed E-state index contributed by atoms with van der Waals surface area (Å²) in [4.78, 5) is 27.6. The molecular weight excluding hydrogens is 462 g/mol. The van der Waals surface area contributed by atoms with Crippen LogP contribution in [-0.4, -0.2) is 39.7 Å². The van der Waals surface area contributed by atoms with E-state index in [0.717, 1.165) is 40.9 Å². The minimum Gasteiger partial charge on any atom is -0.352 e. The van der Waals surface area contributed by atoms with E-state index in [1.165, 1.54) is 0 Å². The maximum atomic E-state index is 13.1. The van der Waals surface area contributed by atoms with Gasteiger partial charge in [0.2, 0.25) is 5.91 Å². The molecule has 7 heteroatoms. The highest BCUT2D eigenvalue weighted by molar-refractivity contribution is 5.90. The smallest absolute Gasteiger partial charge is 0.321 e. The maximum Gasteiger partial charge on any atom is 0.321 e. The number of hydrogen-bond acceptors (Lipinski definition) is 3. The van der Waals surface area contributed by atoms with Gasteiger partial charge in [-0.2, -0.15) is 5.10 Å². The molecule has 3 aromatic carbocycles. The van der Waals surface area contributed by atoms with Crippen molar-refractivity contribution in [2.45, 2.75) is 25.9 Å². The number of nitrogens with zero attached hydrogens (tertiary/aromatic N) is 3. The number of carbonyl (C=O) groups is 2. The molecule has 0 radical (unpaired) electrons. The highest BCUT2D eigenvalue weighted by Crippen LogP contribution is 2.23. The lowest BCUT2D eigenvalue weighted by atomic mass is 9.97. The lowest BCUT2D eigenvalue weighted by molar-refractivity contribution is -0.126. The Balaban J connectivity index is 1.24. The quantitative estimate of drug-likeness (QED) is 0.373. The molecule has 2 N–H and O–H groups in total. The number of nitrogens with one attached hydrogen (secondary N) is 2. The molecule has 0 saturated carbocycles. The third-order valence-corrected chi connectivity index (χ3v) is 6.63. The zero-order valence-corrected chi connectivity index (χ0v) is 20.7. The summed E-state index contributed by atoms with van der Waals surface area (Å²) in [5.74, 6) is -0.276. The van der Waals surface area contributed by atoms with E-state index >= 15 is 0 Å². The van der Waals surface area contributed by atoms with Crippen molar-refractivity contribution in [3.05, 3.63) is 108 Å². The number of urea groups is 1. The van der Waals surface area contributed by atoms with E-state index in [2.05, 4.69) is 22.8 Å². The van der Waals surface area contributed by atoms with Crippen LogP contribution in [-0.2, 0) is 17.9 Å². The Labute approximate surface area is 217 Å². The number of benzene rings is 3. The van der Waals surface area contributed by atoms with Crippen molar-refractivity contribution in [2.75, 3.05) is 18.4 Å². The minimum absolute atomic E-state index is 0.0352. The van der Waals surface area contributed by atoms with Crippen molar-refractivity contribution >= 4 is 17.6 Å². The number of aromatic nitrogens is 2. The van der Waals surface area contributed by atoms with Gasteiger partial charge < -0.3 is 15.5 Å². The second kappa shape index (κ2) is 11.6. The van der Waals surface area contributed by atoms with E-state index in [0.29, 0.717) is 26.2 Å². The van der Waals surface area contributed by atoms with E-state index in [1.807, 2.05) is 89.7 Å². The number of anilines is 1. The average Bonchev–Trinajstić information content (AvgIpc) is 3.35. The van der Waals surface area contributed by atoms with Crippen LogP contribution < -0.4 is 10.6 Å². The summed E-state index contributed by atoms with van der Waals surface area (Å²) in [7, 11) is 0. The molecule has 4 aromatic rings. The van der Waals surface area contributed by atoms with Crippen LogP contribution in [0.2, 0.25) is 0 Å². The second-order valence-corrected chi connectivity index (χ2v) is 9.35. The van der Waals surface area contributed by atoms with Gasteiger partial charge in [-0.15, -0.1) is 0 Å². The van der Waals surface area contributed by atoms with Gasteiger partial charge in [0, 0.05) is 42.6 Å². The van der Waals surface area contributed by atoms with E-state index in [-0.39, 0.29) is 17.9 Å². The summed E-state index contributed by atoms with van der Waals surface area (Å²) in [5, 5.41) is 10.9. The van der Waals surface area contributed by atoms with Crippen molar-refractivity contribution < 1.29 is 9.59 Å². The summed E-state index contributed by atoms with van der Waals surface area (Å²) < 4.78 is 1.93. The molecule has 3 amide bonds. The number of hydrogen-bond donors (Lipinski definition) is 2. The van der Waals surface area contributed by atoms with Crippen molar-refractivity contribution in [1.82, 2.24) is 20.0 Å². The molecule has 5 rings (SSSR count). The van der Waals surface area contributed by atoms with Crippen molar-refractivity contribution in [1.29, 1.82) is 0 Å². The monoisotopic (exact) mass is 493 g/mol. The molecule has 1 aromatic heterocycles. The third-order valence-electron chi connectivity index (χ3n) is 6.63. The Morgan fingerprint density at radius 2 is 1.57 bits per heavy atom. The average molecular weight is 494 g/mol. The Hall–Kier alpha value is -4.39. The fourth-order valence-corrected chi connectivity index (χ4v) is 4.71. The zero-order chi connectivity index (χ0) is 25.5. The fourth-order valence-electron chi connectivity index (χ4n) is 4.71. The Morgan fingerprint density at radius 3 is 2.30 bits per heavy atom. The zero-order valence-electron chi connectivity index (χ0n) is 20.7. The summed E-state index contributed by atoms with van der Waals surface area (Å²) in [6.07, 6.45) is 3.57. The largest absolute Gasteiger partial charge is 0.352 e. The van der Waals surface area contributed by atoms with Gasteiger partial charge in [0.15, 0.2) is 0 Å². The molecular formula is C30H31N5O2. The number of likely N-dealkylation sites (tertiary alicyclic amines) is 1. The molecule has 37 heavy (non-hydrogen) atoms. The van der Waals surface area contributed by atoms with Crippen molar-refractivity contribution in [2.24, 2.45) is 5.92 Å². The summed E-state index contributed by atoms with van der Waals surface area (Å²) in [5.41, 5.74) is 4.76. The van der Waals surface area contributed by atoms with Crippen LogP contribution in [0.15, 0.2) is 97.2 Å². The van der Waals surface area contributed by atoms with Gasteiger partial charge in [-0.1, -0.05) is 78.9 Å². The van der Waals surface area contributed by atoms with Gasteiger partial charge in [0.1, 0.15) is 0 Å². The predicted molar refractivity (Wildman–Crippen MR) is 145 cm³/mol. The topological polar surface area (TPSA) is 79.3 Å². The van der Waals surface area contributed by atoms with E-state index in [9.17, 15) is 9.59 Å². The molecule has 0 spiro atoms. The van der Waals surface area contributed by atoms with Crippen LogP contribution in [0.1, 0.15) is 24.0 Å². The van der Waals surface area contributed by atoms with Crippen LogP contribution in [0.25, 0.3) is 11.3 Å². The Bertz CT molecular complexity index is 1320. The van der Waals surface area contributed by atoms with Crippen LogP contribution in [0.4, 0.5) is 10.5 Å². The number of carbonyl (C=O) groups excluding carboxylic acids is 2. The number of para-hydroxylation sites is 1. The van der Waals surface area contributed by atoms with Gasteiger partial charge in [-0.05, 0) is 30.5 Å². The number of rotatable bonds is 7. The third kappa shape index (κ3) is 6.25. The van der Waals surface area contributed by atoms with E-state index in [1.54, 1.807) is 4.90 Å². The predicted octanol–water partition coefficient (Wildman–Crippen LogP) is 5.16. The summed E-state index contributed by atoms with van der Waals surface area (Å²) in [6.45, 7) is 2.09. The van der Waals surface area contributed by atoms with Gasteiger partial charge >= 0.3 is 6.03 Å². The molecule has 7 nitrogen and oxygen atoms in total. The molecule has 1 saturated heterocycles. The first-order valence-electron chi connectivity index (χ1n) is 12.7. The summed E-state index contributed by atoms with van der Waals surface area (Å²) >= 11 is 0. The van der Waals surface area contributed by atoms with Crippen molar-refractivity contribution in [3.63, 3.8) is 0 Å². The Kier molecular flexibility index (Phi) is 7.60. The molecule has 1 atom stereocenters. The molecule has 0 aliphatic carbocycles. The van der Waals surface area contributed by atoms with Gasteiger partial charge in [0.05, 0.1) is 18.2 Å². The molecule has 0 bridgehead atoms. The van der Waals surface area contributed by atoms with Crippen LogP contribution in [0, 0.1) is 5.92 Å². The van der Waals surface area contributed by atoms with Crippen LogP contribution in [0.5, 0.6) is 0 Å². The van der Waals surface area contributed by atoms with Gasteiger partial charge in [-0.25, -0.2) is 4.79 Å². The van der Waals surface area contributed by atoms with E-state index in [4.69, 9.17) is 5.10 Å². The molecule has 1 aliphatic heterocycles. The molecule has 1 aliphatic rings. The highest BCUT2D eigenvalue weighted by atomic mass is 16.2. The molecule has 2 heterocycles. The van der Waals surface area contributed by atoms with Crippen LogP contribution in [0.3, 0.4) is 0 Å². The molecule has 1 unspecified atom stereocenters. The standard InChI is InChI=1S/C30H31N5O2/c36-29(25-15-10-18-34(21-25)30(37)32-27-16-8-3-9-17-27)31-19-26-22-35(20-23-11-4-1-5-12-23)33-28(26)24-13-6-2-7-14-24/h1-9,11-14,16-17,22,25H,10,15,18-21H2,(H,31,36)(H,32,37). The first-order valence-corrected chi connectivity index (χ1v) is 12.7.